The van der Waals surface area contributed by atoms with E-state index in [2.05, 4.69) is 48.0 Å². The lowest BCUT2D eigenvalue weighted by Crippen LogP contribution is -2.28. The van der Waals surface area contributed by atoms with Crippen LogP contribution in [-0.2, 0) is 13.0 Å². The maximum atomic E-state index is 13.1. The molecule has 0 radical (unpaired) electrons. The van der Waals surface area contributed by atoms with Gasteiger partial charge in [-0.1, -0.05) is 61.4 Å². The van der Waals surface area contributed by atoms with Gasteiger partial charge in [0.1, 0.15) is 5.56 Å². The second kappa shape index (κ2) is 8.91. The van der Waals surface area contributed by atoms with E-state index < -0.39 is 0 Å². The Balaban J connectivity index is 2.06. The predicted octanol–water partition coefficient (Wildman–Crippen LogP) is 5.03. The number of carbonyl (C=O) groups is 1. The molecule has 3 aromatic rings. The molecule has 0 saturated carbocycles. The molecule has 4 nitrogen and oxygen atoms in total. The third kappa shape index (κ3) is 4.65. The van der Waals surface area contributed by atoms with Crippen molar-refractivity contribution < 1.29 is 4.79 Å². The first kappa shape index (κ1) is 20.6. The number of benzene rings is 2. The second-order valence-electron chi connectivity index (χ2n) is 7.56. The maximum absolute atomic E-state index is 13.1. The van der Waals surface area contributed by atoms with Gasteiger partial charge in [-0.2, -0.15) is 0 Å². The molecule has 0 saturated heterocycles. The first-order valence-corrected chi connectivity index (χ1v) is 10.1. The van der Waals surface area contributed by atoms with Crippen LogP contribution in [0.3, 0.4) is 0 Å². The Morgan fingerprint density at radius 2 is 1.69 bits per heavy atom. The van der Waals surface area contributed by atoms with Gasteiger partial charge in [0.15, 0.2) is 5.43 Å². The summed E-state index contributed by atoms with van der Waals surface area (Å²) in [5.74, 6) is -0.342. The smallest absolute Gasteiger partial charge is 0.261 e. The first-order valence-electron chi connectivity index (χ1n) is 10.1. The summed E-state index contributed by atoms with van der Waals surface area (Å²) in [7, 11) is 0. The summed E-state index contributed by atoms with van der Waals surface area (Å²) >= 11 is 0. The molecule has 29 heavy (non-hydrogen) atoms. The van der Waals surface area contributed by atoms with Crippen molar-refractivity contribution in [2.75, 3.05) is 5.32 Å². The number of carbonyl (C=O) groups excluding carboxylic acids is 1. The highest BCUT2D eigenvalue weighted by molar-refractivity contribution is 6.05. The van der Waals surface area contributed by atoms with Gasteiger partial charge in [-0.25, -0.2) is 0 Å². The minimum atomic E-state index is -0.342. The molecular formula is C25H28N2O2. The average molecular weight is 389 g/mol. The Kier molecular flexibility index (Phi) is 6.32. The summed E-state index contributed by atoms with van der Waals surface area (Å²) in [6.07, 6.45) is 1.51. The maximum Gasteiger partial charge on any atom is 0.261 e. The molecular weight excluding hydrogens is 360 g/mol. The number of nitrogens with zero attached hydrogens (tertiary/aromatic N) is 1. The summed E-state index contributed by atoms with van der Waals surface area (Å²) in [5.41, 5.74) is 5.72. The molecule has 150 valence electrons. The highest BCUT2D eigenvalue weighted by atomic mass is 16.2. The molecule has 2 aromatic carbocycles. The van der Waals surface area contributed by atoms with E-state index in [0.29, 0.717) is 13.0 Å². The number of para-hydroxylation sites is 1. The topological polar surface area (TPSA) is 51.1 Å². The van der Waals surface area contributed by atoms with Crippen LogP contribution in [0.5, 0.6) is 0 Å². The van der Waals surface area contributed by atoms with Crippen LogP contribution in [-0.4, -0.2) is 10.5 Å². The van der Waals surface area contributed by atoms with Gasteiger partial charge in [0, 0.05) is 29.7 Å². The third-order valence-electron chi connectivity index (χ3n) is 5.19. The lowest BCUT2D eigenvalue weighted by atomic mass is 10.0. The SMILES string of the molecule is CCCc1c(C(=O)Nc2ccccc2C)c(=O)cc(C)n1Cc1ccc(C)cc1. The summed E-state index contributed by atoms with van der Waals surface area (Å²) < 4.78 is 2.10. The minimum absolute atomic E-state index is 0.225. The largest absolute Gasteiger partial charge is 0.343 e. The molecule has 1 heterocycles. The molecule has 0 atom stereocenters. The molecule has 0 aliphatic rings. The van der Waals surface area contributed by atoms with Crippen LogP contribution in [0.15, 0.2) is 59.4 Å². The molecule has 0 fully saturated rings. The van der Waals surface area contributed by atoms with E-state index in [0.717, 1.165) is 34.6 Å². The third-order valence-corrected chi connectivity index (χ3v) is 5.19. The van der Waals surface area contributed by atoms with Crippen LogP contribution in [0.1, 0.15) is 51.8 Å². The summed E-state index contributed by atoms with van der Waals surface area (Å²) in [4.78, 5) is 25.9. The predicted molar refractivity (Wildman–Crippen MR) is 119 cm³/mol. The van der Waals surface area contributed by atoms with Gasteiger partial charge < -0.3 is 9.88 Å². The molecule has 0 unspecified atom stereocenters. The number of aromatic nitrogens is 1. The van der Waals surface area contributed by atoms with Crippen LogP contribution < -0.4 is 10.7 Å². The Morgan fingerprint density at radius 3 is 2.34 bits per heavy atom. The lowest BCUT2D eigenvalue weighted by Gasteiger charge is -2.20. The number of anilines is 1. The van der Waals surface area contributed by atoms with Crippen LogP contribution in [0.25, 0.3) is 0 Å². The van der Waals surface area contributed by atoms with Crippen LogP contribution >= 0.6 is 0 Å². The van der Waals surface area contributed by atoms with Crippen LogP contribution in [0.4, 0.5) is 5.69 Å². The van der Waals surface area contributed by atoms with Crippen molar-refractivity contribution in [1.29, 1.82) is 0 Å². The van der Waals surface area contributed by atoms with Crippen molar-refractivity contribution in [2.24, 2.45) is 0 Å². The second-order valence-corrected chi connectivity index (χ2v) is 7.56. The summed E-state index contributed by atoms with van der Waals surface area (Å²) in [5, 5.41) is 2.93. The fourth-order valence-electron chi connectivity index (χ4n) is 3.56. The molecule has 1 N–H and O–H groups in total. The number of rotatable bonds is 6. The molecule has 0 bridgehead atoms. The Labute approximate surface area is 172 Å². The zero-order valence-electron chi connectivity index (χ0n) is 17.6. The molecule has 1 aromatic heterocycles. The molecule has 0 spiro atoms. The Hall–Kier alpha value is -3.14. The van der Waals surface area contributed by atoms with Crippen LogP contribution in [0.2, 0.25) is 0 Å². The molecule has 0 aliphatic carbocycles. The van der Waals surface area contributed by atoms with Crippen molar-refractivity contribution in [1.82, 2.24) is 4.57 Å². The molecule has 4 heteroatoms. The number of amides is 1. The minimum Gasteiger partial charge on any atom is -0.343 e. The number of aryl methyl sites for hydroxylation is 3. The van der Waals surface area contributed by atoms with E-state index in [1.54, 1.807) is 6.07 Å². The van der Waals surface area contributed by atoms with Crippen molar-refractivity contribution >= 4 is 11.6 Å². The monoisotopic (exact) mass is 388 g/mol. The van der Waals surface area contributed by atoms with Gasteiger partial charge in [0.25, 0.3) is 5.91 Å². The lowest BCUT2D eigenvalue weighted by molar-refractivity contribution is 0.102. The Bertz CT molecular complexity index is 1080. The quantitative estimate of drug-likeness (QED) is 0.644. The summed E-state index contributed by atoms with van der Waals surface area (Å²) in [6.45, 7) is 8.62. The highest BCUT2D eigenvalue weighted by Gasteiger charge is 2.20. The summed E-state index contributed by atoms with van der Waals surface area (Å²) in [6, 6.07) is 17.5. The van der Waals surface area contributed by atoms with Crippen molar-refractivity contribution in [3.05, 3.63) is 98.5 Å². The van der Waals surface area contributed by atoms with Crippen molar-refractivity contribution in [3.8, 4) is 0 Å². The fourth-order valence-corrected chi connectivity index (χ4v) is 3.56. The van der Waals surface area contributed by atoms with E-state index in [-0.39, 0.29) is 16.9 Å². The van der Waals surface area contributed by atoms with Gasteiger partial charge in [-0.3, -0.25) is 9.59 Å². The van der Waals surface area contributed by atoms with Gasteiger partial charge >= 0.3 is 0 Å². The van der Waals surface area contributed by atoms with Gasteiger partial charge in [0.05, 0.1) is 0 Å². The van der Waals surface area contributed by atoms with E-state index >= 15 is 0 Å². The van der Waals surface area contributed by atoms with E-state index in [9.17, 15) is 9.59 Å². The van der Waals surface area contributed by atoms with E-state index in [4.69, 9.17) is 0 Å². The normalized spacial score (nSPS) is 10.8. The fraction of sp³-hybridized carbons (Fsp3) is 0.280. The van der Waals surface area contributed by atoms with Gasteiger partial charge in [-0.05, 0) is 44.4 Å². The van der Waals surface area contributed by atoms with E-state index in [1.807, 2.05) is 38.1 Å². The van der Waals surface area contributed by atoms with Gasteiger partial charge in [-0.15, -0.1) is 0 Å². The number of pyridine rings is 1. The number of hydrogen-bond donors (Lipinski definition) is 1. The zero-order valence-corrected chi connectivity index (χ0v) is 17.6. The number of nitrogens with one attached hydrogen (secondary N) is 1. The van der Waals surface area contributed by atoms with Gasteiger partial charge in [0.2, 0.25) is 0 Å². The first-order chi connectivity index (χ1) is 13.9. The Morgan fingerprint density at radius 1 is 1.00 bits per heavy atom. The van der Waals surface area contributed by atoms with Crippen LogP contribution in [0, 0.1) is 20.8 Å². The van der Waals surface area contributed by atoms with E-state index in [1.165, 1.54) is 5.56 Å². The van der Waals surface area contributed by atoms with Crippen molar-refractivity contribution in [3.63, 3.8) is 0 Å². The highest BCUT2D eigenvalue weighted by Crippen LogP contribution is 2.18. The van der Waals surface area contributed by atoms with Crippen molar-refractivity contribution in [2.45, 2.75) is 47.1 Å². The number of hydrogen-bond acceptors (Lipinski definition) is 2. The zero-order chi connectivity index (χ0) is 21.0. The molecule has 3 rings (SSSR count). The average Bonchev–Trinajstić information content (AvgIpc) is 2.68. The standard InChI is InChI=1S/C25H28N2O2/c1-5-8-22-24(25(29)26-21-10-7-6-9-18(21)3)23(28)15-19(4)27(22)16-20-13-11-17(2)12-14-20/h6-7,9-15H,5,8,16H2,1-4H3,(H,26,29). The molecule has 1 amide bonds. The molecule has 0 aliphatic heterocycles.